The van der Waals surface area contributed by atoms with Crippen LogP contribution in [0.15, 0.2) is 0 Å². The van der Waals surface area contributed by atoms with Crippen LogP contribution in [0.25, 0.3) is 0 Å². The van der Waals surface area contributed by atoms with Crippen LogP contribution in [0.1, 0.15) is 71.1 Å². The van der Waals surface area contributed by atoms with Crippen molar-refractivity contribution >= 4 is 5.97 Å². The Morgan fingerprint density at radius 3 is 2.13 bits per heavy atom. The molecule has 0 aliphatic carbocycles. The average Bonchev–Trinajstić information content (AvgIpc) is 2.21. The number of carbonyl (C=O) groups is 1. The first-order chi connectivity index (χ1) is 7.29. The van der Waals surface area contributed by atoms with Crippen LogP contribution >= 0.6 is 0 Å². The third kappa shape index (κ3) is 6.53. The van der Waals surface area contributed by atoms with Crippen LogP contribution in [0, 0.1) is 0 Å². The van der Waals surface area contributed by atoms with Gasteiger partial charge in [-0.25, -0.2) is 0 Å². The van der Waals surface area contributed by atoms with Gasteiger partial charge in [0.25, 0.3) is 0 Å². The Bertz CT molecular complexity index is 177. The van der Waals surface area contributed by atoms with Gasteiger partial charge in [-0.15, -0.1) is 0 Å². The fourth-order valence-electron chi connectivity index (χ4n) is 2.10. The first-order valence-electron chi connectivity index (χ1n) is 6.48. The summed E-state index contributed by atoms with van der Waals surface area (Å²) >= 11 is 0. The normalized spacial score (nSPS) is 27.0. The van der Waals surface area contributed by atoms with E-state index in [1.807, 2.05) is 6.92 Å². The van der Waals surface area contributed by atoms with Gasteiger partial charge in [0.1, 0.15) is 0 Å². The lowest BCUT2D eigenvalue weighted by atomic mass is 10.1. The number of esters is 1. The smallest absolute Gasteiger partial charge is 0.306 e. The molecule has 0 spiro atoms. The molecule has 1 atom stereocenters. The first-order valence-corrected chi connectivity index (χ1v) is 6.48. The molecule has 1 saturated heterocycles. The zero-order valence-electron chi connectivity index (χ0n) is 9.96. The third-order valence-corrected chi connectivity index (χ3v) is 3.07. The molecule has 1 rings (SSSR count). The minimum absolute atomic E-state index is 0.00162. The molecule has 1 unspecified atom stereocenters. The van der Waals surface area contributed by atoms with Gasteiger partial charge in [0, 0.05) is 6.42 Å². The molecule has 0 aromatic heterocycles. The monoisotopic (exact) mass is 212 g/mol. The predicted molar refractivity (Wildman–Crippen MR) is 61.7 cm³/mol. The van der Waals surface area contributed by atoms with Crippen molar-refractivity contribution in [3.05, 3.63) is 0 Å². The Morgan fingerprint density at radius 1 is 0.933 bits per heavy atom. The van der Waals surface area contributed by atoms with Gasteiger partial charge in [-0.05, 0) is 26.2 Å². The van der Waals surface area contributed by atoms with Crippen molar-refractivity contribution in [2.75, 3.05) is 0 Å². The minimum atomic E-state index is 0.00162. The standard InChI is InChI=1S/C13H24O2/c1-12-10-8-6-4-2-3-5-7-9-11-13(14)15-12/h12H,2-11H2,1H3. The SMILES string of the molecule is CC1CCCCCCCCCCC(=O)O1. The summed E-state index contributed by atoms with van der Waals surface area (Å²) < 4.78 is 5.32. The number of carbonyl (C=O) groups excluding carboxylic acids is 1. The van der Waals surface area contributed by atoms with Gasteiger partial charge in [-0.2, -0.15) is 0 Å². The second-order valence-electron chi connectivity index (χ2n) is 4.67. The second kappa shape index (κ2) is 7.72. The predicted octanol–water partition coefficient (Wildman–Crippen LogP) is 3.83. The van der Waals surface area contributed by atoms with Crippen LogP contribution in [-0.4, -0.2) is 12.1 Å². The highest BCUT2D eigenvalue weighted by atomic mass is 16.5. The summed E-state index contributed by atoms with van der Waals surface area (Å²) in [6.07, 6.45) is 11.8. The molecular formula is C13H24O2. The number of rotatable bonds is 0. The lowest BCUT2D eigenvalue weighted by molar-refractivity contribution is -0.148. The zero-order chi connectivity index (χ0) is 10.9. The highest BCUT2D eigenvalue weighted by Gasteiger charge is 2.09. The van der Waals surface area contributed by atoms with E-state index in [2.05, 4.69) is 0 Å². The maximum Gasteiger partial charge on any atom is 0.306 e. The molecule has 1 aliphatic rings. The molecule has 1 heterocycles. The summed E-state index contributed by atoms with van der Waals surface area (Å²) in [6.45, 7) is 2.01. The Labute approximate surface area is 93.4 Å². The Balaban J connectivity index is 2.26. The van der Waals surface area contributed by atoms with E-state index in [-0.39, 0.29) is 12.1 Å². The molecule has 0 bridgehead atoms. The van der Waals surface area contributed by atoms with Crippen molar-refractivity contribution in [3.63, 3.8) is 0 Å². The molecule has 2 nitrogen and oxygen atoms in total. The topological polar surface area (TPSA) is 26.3 Å². The number of cyclic esters (lactones) is 1. The summed E-state index contributed by atoms with van der Waals surface area (Å²) in [5.41, 5.74) is 0. The van der Waals surface area contributed by atoms with Gasteiger partial charge >= 0.3 is 5.97 Å². The summed E-state index contributed by atoms with van der Waals surface area (Å²) in [5.74, 6) is 0.00162. The van der Waals surface area contributed by atoms with E-state index in [0.29, 0.717) is 6.42 Å². The molecule has 0 saturated carbocycles. The molecule has 2 heteroatoms. The van der Waals surface area contributed by atoms with Gasteiger partial charge < -0.3 is 4.74 Å². The van der Waals surface area contributed by atoms with Crippen molar-refractivity contribution in [3.8, 4) is 0 Å². The maximum absolute atomic E-state index is 11.4. The molecule has 1 fully saturated rings. The quantitative estimate of drug-likeness (QED) is 0.570. The van der Waals surface area contributed by atoms with Crippen LogP contribution in [0.4, 0.5) is 0 Å². The molecule has 1 aliphatic heterocycles. The van der Waals surface area contributed by atoms with E-state index in [0.717, 1.165) is 12.8 Å². The van der Waals surface area contributed by atoms with E-state index < -0.39 is 0 Å². The maximum atomic E-state index is 11.4. The second-order valence-corrected chi connectivity index (χ2v) is 4.67. The van der Waals surface area contributed by atoms with Gasteiger partial charge in [-0.1, -0.05) is 38.5 Å². The molecule has 0 aromatic carbocycles. The largest absolute Gasteiger partial charge is 0.463 e. The summed E-state index contributed by atoms with van der Waals surface area (Å²) in [7, 11) is 0. The van der Waals surface area contributed by atoms with Gasteiger partial charge in [-0.3, -0.25) is 4.79 Å². The van der Waals surface area contributed by atoms with Crippen molar-refractivity contribution in [1.29, 1.82) is 0 Å². The molecule has 88 valence electrons. The van der Waals surface area contributed by atoms with Crippen LogP contribution in [0.5, 0.6) is 0 Å². The highest BCUT2D eigenvalue weighted by molar-refractivity contribution is 5.69. The Morgan fingerprint density at radius 2 is 1.47 bits per heavy atom. The Kier molecular flexibility index (Phi) is 6.45. The van der Waals surface area contributed by atoms with Gasteiger partial charge in [0.05, 0.1) is 6.10 Å². The van der Waals surface area contributed by atoms with Crippen molar-refractivity contribution in [1.82, 2.24) is 0 Å². The molecule has 0 radical (unpaired) electrons. The van der Waals surface area contributed by atoms with Gasteiger partial charge in [0.15, 0.2) is 0 Å². The molecular weight excluding hydrogens is 188 g/mol. The molecule has 15 heavy (non-hydrogen) atoms. The molecule has 0 amide bonds. The zero-order valence-corrected chi connectivity index (χ0v) is 9.96. The Hall–Kier alpha value is -0.530. The third-order valence-electron chi connectivity index (χ3n) is 3.07. The highest BCUT2D eigenvalue weighted by Crippen LogP contribution is 2.14. The summed E-state index contributed by atoms with van der Waals surface area (Å²) in [5, 5.41) is 0. The molecule has 0 aromatic rings. The van der Waals surface area contributed by atoms with E-state index in [9.17, 15) is 4.79 Å². The summed E-state index contributed by atoms with van der Waals surface area (Å²) in [4.78, 5) is 11.4. The fraction of sp³-hybridized carbons (Fsp3) is 0.923. The van der Waals surface area contributed by atoms with Gasteiger partial charge in [0.2, 0.25) is 0 Å². The number of hydrogen-bond donors (Lipinski definition) is 0. The number of hydrogen-bond acceptors (Lipinski definition) is 2. The molecule has 0 N–H and O–H groups in total. The lowest BCUT2D eigenvalue weighted by Gasteiger charge is -2.12. The van der Waals surface area contributed by atoms with Crippen molar-refractivity contribution in [2.45, 2.75) is 77.2 Å². The first kappa shape index (κ1) is 12.5. The summed E-state index contributed by atoms with van der Waals surface area (Å²) in [6, 6.07) is 0. The fourth-order valence-corrected chi connectivity index (χ4v) is 2.10. The number of ether oxygens (including phenoxy) is 1. The minimum Gasteiger partial charge on any atom is -0.463 e. The average molecular weight is 212 g/mol. The van der Waals surface area contributed by atoms with Crippen LogP contribution in [-0.2, 0) is 9.53 Å². The van der Waals surface area contributed by atoms with Crippen molar-refractivity contribution in [2.24, 2.45) is 0 Å². The van der Waals surface area contributed by atoms with E-state index in [1.165, 1.54) is 44.9 Å². The van der Waals surface area contributed by atoms with E-state index in [4.69, 9.17) is 4.74 Å². The van der Waals surface area contributed by atoms with E-state index in [1.54, 1.807) is 0 Å². The van der Waals surface area contributed by atoms with Crippen LogP contribution in [0.2, 0.25) is 0 Å². The van der Waals surface area contributed by atoms with Crippen LogP contribution < -0.4 is 0 Å². The van der Waals surface area contributed by atoms with E-state index >= 15 is 0 Å². The lowest BCUT2D eigenvalue weighted by Crippen LogP contribution is -2.14. The van der Waals surface area contributed by atoms with Crippen molar-refractivity contribution < 1.29 is 9.53 Å². The van der Waals surface area contributed by atoms with Crippen LogP contribution in [0.3, 0.4) is 0 Å².